The van der Waals surface area contributed by atoms with Crippen LogP contribution in [0.3, 0.4) is 0 Å². The molecule has 0 unspecified atom stereocenters. The monoisotopic (exact) mass is 358 g/mol. The van der Waals surface area contributed by atoms with Gasteiger partial charge in [0.25, 0.3) is 5.91 Å². The van der Waals surface area contributed by atoms with Gasteiger partial charge >= 0.3 is 0 Å². The highest BCUT2D eigenvalue weighted by Gasteiger charge is 2.10. The molecule has 1 amide bonds. The van der Waals surface area contributed by atoms with Crippen molar-refractivity contribution in [3.8, 4) is 0 Å². The van der Waals surface area contributed by atoms with E-state index in [1.165, 1.54) is 0 Å². The van der Waals surface area contributed by atoms with Gasteiger partial charge in [0.1, 0.15) is 0 Å². The number of rotatable bonds is 5. The Kier molecular flexibility index (Phi) is 6.30. The van der Waals surface area contributed by atoms with E-state index in [0.717, 1.165) is 23.2 Å². The molecule has 0 aliphatic rings. The Morgan fingerprint density at radius 2 is 1.78 bits per heavy atom. The molecule has 0 radical (unpaired) electrons. The highest BCUT2D eigenvalue weighted by Crippen LogP contribution is 2.15. The number of benzene rings is 2. The standard InChI is InChI=1S/C22H22N4O/c1-2-18-10-6-7-13-20(18)25-22(24-16-17-9-8-14-23-15-17)26-21(27)19-11-4-3-5-12-19/h3-15H,2,16H2,1H3,(H2,24,25,26,27). The Labute approximate surface area is 159 Å². The average molecular weight is 358 g/mol. The first-order chi connectivity index (χ1) is 13.3. The molecule has 1 heterocycles. The van der Waals surface area contributed by atoms with Gasteiger partial charge in [-0.1, -0.05) is 49.4 Å². The molecule has 0 bridgehead atoms. The largest absolute Gasteiger partial charge is 0.326 e. The van der Waals surface area contributed by atoms with Crippen molar-refractivity contribution in [2.45, 2.75) is 19.9 Å². The van der Waals surface area contributed by atoms with Gasteiger partial charge in [-0.25, -0.2) is 4.99 Å². The summed E-state index contributed by atoms with van der Waals surface area (Å²) in [4.78, 5) is 21.2. The van der Waals surface area contributed by atoms with Gasteiger partial charge in [0.05, 0.1) is 6.54 Å². The lowest BCUT2D eigenvalue weighted by Gasteiger charge is -2.14. The molecule has 2 N–H and O–H groups in total. The number of para-hydroxylation sites is 1. The van der Waals surface area contributed by atoms with E-state index in [-0.39, 0.29) is 5.91 Å². The maximum atomic E-state index is 12.6. The molecule has 136 valence electrons. The van der Waals surface area contributed by atoms with E-state index in [1.807, 2.05) is 48.5 Å². The van der Waals surface area contributed by atoms with Gasteiger partial charge < -0.3 is 5.32 Å². The summed E-state index contributed by atoms with van der Waals surface area (Å²) in [7, 11) is 0. The van der Waals surface area contributed by atoms with Gasteiger partial charge in [-0.3, -0.25) is 15.1 Å². The van der Waals surface area contributed by atoms with E-state index in [1.54, 1.807) is 24.5 Å². The van der Waals surface area contributed by atoms with Crippen molar-refractivity contribution in [1.82, 2.24) is 10.3 Å². The Hall–Kier alpha value is -3.47. The van der Waals surface area contributed by atoms with E-state index in [0.29, 0.717) is 18.1 Å². The van der Waals surface area contributed by atoms with Crippen molar-refractivity contribution < 1.29 is 4.79 Å². The molecule has 0 atom stereocenters. The van der Waals surface area contributed by atoms with Crippen LogP contribution in [-0.4, -0.2) is 16.9 Å². The predicted octanol–water partition coefficient (Wildman–Crippen LogP) is 4.04. The number of anilines is 1. The first kappa shape index (κ1) is 18.3. The molecule has 0 aliphatic heterocycles. The van der Waals surface area contributed by atoms with Gasteiger partial charge in [-0.2, -0.15) is 0 Å². The topological polar surface area (TPSA) is 66.4 Å². The maximum absolute atomic E-state index is 12.6. The van der Waals surface area contributed by atoms with E-state index in [4.69, 9.17) is 0 Å². The van der Waals surface area contributed by atoms with Crippen LogP contribution < -0.4 is 10.6 Å². The van der Waals surface area contributed by atoms with E-state index in [2.05, 4.69) is 33.6 Å². The fraction of sp³-hybridized carbons (Fsp3) is 0.136. The second-order valence-electron chi connectivity index (χ2n) is 5.98. The van der Waals surface area contributed by atoms with Crippen LogP contribution in [0.2, 0.25) is 0 Å². The zero-order chi connectivity index (χ0) is 18.9. The molecule has 2 aromatic carbocycles. The number of amides is 1. The second-order valence-corrected chi connectivity index (χ2v) is 5.98. The number of aryl methyl sites for hydroxylation is 1. The van der Waals surface area contributed by atoms with Gasteiger partial charge in [-0.15, -0.1) is 0 Å². The lowest BCUT2D eigenvalue weighted by molar-refractivity contribution is 0.0977. The number of pyridine rings is 1. The Morgan fingerprint density at radius 1 is 1.00 bits per heavy atom. The van der Waals surface area contributed by atoms with Gasteiger partial charge in [0, 0.05) is 23.6 Å². The van der Waals surface area contributed by atoms with Crippen LogP contribution in [0.1, 0.15) is 28.4 Å². The molecule has 0 spiro atoms. The van der Waals surface area contributed by atoms with Crippen LogP contribution in [0.4, 0.5) is 5.69 Å². The highest BCUT2D eigenvalue weighted by molar-refractivity contribution is 6.10. The van der Waals surface area contributed by atoms with Crippen LogP contribution in [0.15, 0.2) is 84.1 Å². The van der Waals surface area contributed by atoms with Crippen molar-refractivity contribution in [2.75, 3.05) is 5.32 Å². The molecule has 3 aromatic rings. The molecule has 5 nitrogen and oxygen atoms in total. The highest BCUT2D eigenvalue weighted by atomic mass is 16.1. The Balaban J connectivity index is 1.82. The average Bonchev–Trinajstić information content (AvgIpc) is 2.73. The number of aromatic nitrogens is 1. The van der Waals surface area contributed by atoms with Crippen molar-refractivity contribution in [3.05, 3.63) is 95.8 Å². The number of aliphatic imine (C=N–C) groups is 1. The fourth-order valence-electron chi connectivity index (χ4n) is 2.62. The zero-order valence-corrected chi connectivity index (χ0v) is 15.2. The van der Waals surface area contributed by atoms with E-state index >= 15 is 0 Å². The number of carbonyl (C=O) groups excluding carboxylic acids is 1. The van der Waals surface area contributed by atoms with Crippen LogP contribution in [0.25, 0.3) is 0 Å². The zero-order valence-electron chi connectivity index (χ0n) is 15.2. The fourth-order valence-corrected chi connectivity index (χ4v) is 2.62. The summed E-state index contributed by atoms with van der Waals surface area (Å²) in [6, 6.07) is 20.9. The number of nitrogens with one attached hydrogen (secondary N) is 2. The molecule has 1 aromatic heterocycles. The molecule has 5 heteroatoms. The second kappa shape index (κ2) is 9.29. The molecule has 3 rings (SSSR count). The summed E-state index contributed by atoms with van der Waals surface area (Å²) >= 11 is 0. The summed E-state index contributed by atoms with van der Waals surface area (Å²) in [5.74, 6) is 0.204. The third-order valence-corrected chi connectivity index (χ3v) is 4.06. The van der Waals surface area contributed by atoms with Crippen molar-refractivity contribution in [2.24, 2.45) is 4.99 Å². The number of hydrogen-bond acceptors (Lipinski definition) is 3. The summed E-state index contributed by atoms with van der Waals surface area (Å²) in [6.45, 7) is 2.51. The van der Waals surface area contributed by atoms with Crippen LogP contribution in [-0.2, 0) is 13.0 Å². The molecular formula is C22H22N4O. The summed E-state index contributed by atoms with van der Waals surface area (Å²) in [6.07, 6.45) is 4.37. The minimum Gasteiger partial charge on any atom is -0.326 e. The van der Waals surface area contributed by atoms with Gasteiger partial charge in [0.2, 0.25) is 5.96 Å². The third kappa shape index (κ3) is 5.25. The number of guanidine groups is 1. The summed E-state index contributed by atoms with van der Waals surface area (Å²) < 4.78 is 0. The SMILES string of the molecule is CCc1ccccc1NC(=NCc1cccnc1)NC(=O)c1ccccc1. The Morgan fingerprint density at radius 3 is 2.52 bits per heavy atom. The minimum absolute atomic E-state index is 0.206. The first-order valence-electron chi connectivity index (χ1n) is 8.91. The van der Waals surface area contributed by atoms with Crippen molar-refractivity contribution in [3.63, 3.8) is 0 Å². The lowest BCUT2D eigenvalue weighted by atomic mass is 10.1. The molecule has 27 heavy (non-hydrogen) atoms. The lowest BCUT2D eigenvalue weighted by Crippen LogP contribution is -2.36. The summed E-state index contributed by atoms with van der Waals surface area (Å²) in [5, 5.41) is 6.15. The van der Waals surface area contributed by atoms with Crippen LogP contribution in [0, 0.1) is 0 Å². The molecule has 0 saturated heterocycles. The van der Waals surface area contributed by atoms with Crippen molar-refractivity contribution in [1.29, 1.82) is 0 Å². The minimum atomic E-state index is -0.206. The van der Waals surface area contributed by atoms with Gasteiger partial charge in [0.15, 0.2) is 0 Å². The third-order valence-electron chi connectivity index (χ3n) is 4.06. The molecule has 0 fully saturated rings. The first-order valence-corrected chi connectivity index (χ1v) is 8.91. The number of hydrogen-bond donors (Lipinski definition) is 2. The molecule has 0 saturated carbocycles. The quantitative estimate of drug-likeness (QED) is 0.534. The Bertz CT molecular complexity index is 908. The van der Waals surface area contributed by atoms with Crippen LogP contribution in [0.5, 0.6) is 0 Å². The van der Waals surface area contributed by atoms with Crippen molar-refractivity contribution >= 4 is 17.6 Å². The van der Waals surface area contributed by atoms with E-state index in [9.17, 15) is 4.79 Å². The van der Waals surface area contributed by atoms with Crippen LogP contribution >= 0.6 is 0 Å². The molecule has 0 aliphatic carbocycles. The molecular weight excluding hydrogens is 336 g/mol. The van der Waals surface area contributed by atoms with Gasteiger partial charge in [-0.05, 0) is 41.8 Å². The number of carbonyl (C=O) groups is 1. The normalized spacial score (nSPS) is 11.1. The number of nitrogens with zero attached hydrogens (tertiary/aromatic N) is 2. The summed E-state index contributed by atoms with van der Waals surface area (Å²) in [5.41, 5.74) is 3.63. The maximum Gasteiger partial charge on any atom is 0.257 e. The van der Waals surface area contributed by atoms with E-state index < -0.39 is 0 Å². The smallest absolute Gasteiger partial charge is 0.257 e. The predicted molar refractivity (Wildman–Crippen MR) is 109 cm³/mol.